The standard InChI is InChI=1S/C15H14O5S/c1-10(16)12-4-2-3-5-13(12)20-7-6-19-11-8-14(15(17)18)21-9-11/h2-5,8-9H,6-7H2,1H3,(H,17,18). The summed E-state index contributed by atoms with van der Waals surface area (Å²) in [5, 5.41) is 10.4. The molecule has 0 saturated carbocycles. The van der Waals surface area contributed by atoms with E-state index in [-0.39, 0.29) is 23.9 Å². The number of carboxylic acids is 1. The number of benzene rings is 1. The Labute approximate surface area is 125 Å². The molecule has 0 radical (unpaired) electrons. The van der Waals surface area contributed by atoms with Crippen LogP contribution in [0.1, 0.15) is 27.0 Å². The van der Waals surface area contributed by atoms with E-state index < -0.39 is 5.97 Å². The van der Waals surface area contributed by atoms with Gasteiger partial charge in [0.05, 0.1) is 5.56 Å². The van der Waals surface area contributed by atoms with Crippen LogP contribution in [0.4, 0.5) is 0 Å². The lowest BCUT2D eigenvalue weighted by Crippen LogP contribution is -2.10. The van der Waals surface area contributed by atoms with E-state index in [1.54, 1.807) is 29.6 Å². The second-order valence-corrected chi connectivity index (χ2v) is 5.11. The fraction of sp³-hybridized carbons (Fsp3) is 0.200. The summed E-state index contributed by atoms with van der Waals surface area (Å²) in [5.74, 6) is -0.0112. The van der Waals surface area contributed by atoms with Gasteiger partial charge in [-0.2, -0.15) is 0 Å². The fourth-order valence-electron chi connectivity index (χ4n) is 1.70. The number of hydrogen-bond donors (Lipinski definition) is 1. The molecular formula is C15H14O5S. The van der Waals surface area contributed by atoms with E-state index in [2.05, 4.69) is 0 Å². The second kappa shape index (κ2) is 6.90. The zero-order valence-electron chi connectivity index (χ0n) is 11.4. The molecule has 1 aromatic carbocycles. The van der Waals surface area contributed by atoms with Gasteiger partial charge in [0.25, 0.3) is 0 Å². The number of hydrogen-bond acceptors (Lipinski definition) is 5. The first-order valence-electron chi connectivity index (χ1n) is 6.25. The summed E-state index contributed by atoms with van der Waals surface area (Å²) in [4.78, 5) is 22.4. The SMILES string of the molecule is CC(=O)c1ccccc1OCCOc1csc(C(=O)O)c1. The third-order valence-electron chi connectivity index (χ3n) is 2.66. The molecule has 6 heteroatoms. The van der Waals surface area contributed by atoms with Gasteiger partial charge in [-0.1, -0.05) is 12.1 Å². The predicted octanol–water partition coefficient (Wildman–Crippen LogP) is 3.11. The Morgan fingerprint density at radius 1 is 1.19 bits per heavy atom. The van der Waals surface area contributed by atoms with E-state index in [9.17, 15) is 9.59 Å². The van der Waals surface area contributed by atoms with Crippen LogP contribution in [0.2, 0.25) is 0 Å². The Hall–Kier alpha value is -2.34. The van der Waals surface area contributed by atoms with Crippen molar-refractivity contribution >= 4 is 23.1 Å². The van der Waals surface area contributed by atoms with Crippen molar-refractivity contribution < 1.29 is 24.2 Å². The van der Waals surface area contributed by atoms with Crippen LogP contribution in [0.3, 0.4) is 0 Å². The molecule has 0 aliphatic carbocycles. The summed E-state index contributed by atoms with van der Waals surface area (Å²) < 4.78 is 10.9. The number of para-hydroxylation sites is 1. The third-order valence-corrected chi connectivity index (χ3v) is 3.56. The topological polar surface area (TPSA) is 72.8 Å². The summed E-state index contributed by atoms with van der Waals surface area (Å²) >= 11 is 1.11. The summed E-state index contributed by atoms with van der Waals surface area (Å²) in [6.45, 7) is 2.02. The molecule has 0 spiro atoms. The third kappa shape index (κ3) is 4.06. The molecule has 110 valence electrons. The van der Waals surface area contributed by atoms with E-state index in [4.69, 9.17) is 14.6 Å². The van der Waals surface area contributed by atoms with Gasteiger partial charge in [0.15, 0.2) is 5.78 Å². The van der Waals surface area contributed by atoms with E-state index >= 15 is 0 Å². The van der Waals surface area contributed by atoms with E-state index in [1.165, 1.54) is 13.0 Å². The number of carboxylic acid groups (broad SMARTS) is 1. The first kappa shape index (κ1) is 15.1. The van der Waals surface area contributed by atoms with Gasteiger partial charge < -0.3 is 14.6 Å². The van der Waals surface area contributed by atoms with Crippen molar-refractivity contribution in [2.75, 3.05) is 13.2 Å². The number of ketones is 1. The summed E-state index contributed by atoms with van der Waals surface area (Å²) in [7, 11) is 0. The molecule has 2 aromatic rings. The van der Waals surface area contributed by atoms with Gasteiger partial charge in [-0.15, -0.1) is 11.3 Å². The lowest BCUT2D eigenvalue weighted by molar-refractivity contribution is 0.0701. The van der Waals surface area contributed by atoms with Gasteiger partial charge in [-0.05, 0) is 19.1 Å². The van der Waals surface area contributed by atoms with Crippen molar-refractivity contribution in [3.8, 4) is 11.5 Å². The fourth-order valence-corrected chi connectivity index (χ4v) is 2.37. The van der Waals surface area contributed by atoms with E-state index in [0.717, 1.165) is 11.3 Å². The minimum Gasteiger partial charge on any atom is -0.489 e. The average Bonchev–Trinajstić information content (AvgIpc) is 2.93. The number of aromatic carboxylic acids is 1. The van der Waals surface area contributed by atoms with Crippen molar-refractivity contribution in [3.05, 3.63) is 46.2 Å². The largest absolute Gasteiger partial charge is 0.489 e. The van der Waals surface area contributed by atoms with Crippen molar-refractivity contribution in [1.29, 1.82) is 0 Å². The van der Waals surface area contributed by atoms with Crippen LogP contribution < -0.4 is 9.47 Å². The molecule has 0 atom stereocenters. The average molecular weight is 306 g/mol. The highest BCUT2D eigenvalue weighted by molar-refractivity contribution is 7.12. The number of carbonyl (C=O) groups is 2. The van der Waals surface area contributed by atoms with Crippen LogP contribution in [0, 0.1) is 0 Å². The Morgan fingerprint density at radius 2 is 1.90 bits per heavy atom. The van der Waals surface area contributed by atoms with Crippen molar-refractivity contribution in [2.45, 2.75) is 6.92 Å². The van der Waals surface area contributed by atoms with Crippen LogP contribution in [0.15, 0.2) is 35.7 Å². The molecular weight excluding hydrogens is 292 g/mol. The smallest absolute Gasteiger partial charge is 0.346 e. The molecule has 21 heavy (non-hydrogen) atoms. The zero-order chi connectivity index (χ0) is 15.2. The van der Waals surface area contributed by atoms with Crippen LogP contribution in [-0.2, 0) is 0 Å². The number of ether oxygens (including phenoxy) is 2. The number of thiophene rings is 1. The molecule has 0 aliphatic rings. The molecule has 2 rings (SSSR count). The van der Waals surface area contributed by atoms with Crippen LogP contribution in [0.25, 0.3) is 0 Å². The molecule has 0 saturated heterocycles. The quantitative estimate of drug-likeness (QED) is 0.628. The zero-order valence-corrected chi connectivity index (χ0v) is 12.2. The minimum absolute atomic E-state index is 0.0598. The Kier molecular flexibility index (Phi) is 4.94. The molecule has 1 aromatic heterocycles. The molecule has 0 aliphatic heterocycles. The van der Waals surface area contributed by atoms with Gasteiger partial charge in [-0.25, -0.2) is 4.79 Å². The van der Waals surface area contributed by atoms with Crippen molar-refractivity contribution in [2.24, 2.45) is 0 Å². The Balaban J connectivity index is 1.84. The molecule has 1 N–H and O–H groups in total. The highest BCUT2D eigenvalue weighted by atomic mass is 32.1. The Bertz CT molecular complexity index is 647. The van der Waals surface area contributed by atoms with Crippen LogP contribution in [-0.4, -0.2) is 30.1 Å². The molecule has 0 amide bonds. The highest BCUT2D eigenvalue weighted by Gasteiger charge is 2.09. The monoisotopic (exact) mass is 306 g/mol. The van der Waals surface area contributed by atoms with Crippen molar-refractivity contribution in [1.82, 2.24) is 0 Å². The van der Waals surface area contributed by atoms with Crippen molar-refractivity contribution in [3.63, 3.8) is 0 Å². The van der Waals surface area contributed by atoms with Gasteiger partial charge in [0, 0.05) is 11.4 Å². The summed E-state index contributed by atoms with van der Waals surface area (Å²) in [6, 6.07) is 8.47. The van der Waals surface area contributed by atoms with Gasteiger partial charge in [0.2, 0.25) is 0 Å². The molecule has 1 heterocycles. The number of carbonyl (C=O) groups excluding carboxylic acids is 1. The lowest BCUT2D eigenvalue weighted by Gasteiger charge is -2.09. The summed E-state index contributed by atoms with van der Waals surface area (Å²) in [5.41, 5.74) is 0.529. The first-order valence-corrected chi connectivity index (χ1v) is 7.13. The van der Waals surface area contributed by atoms with E-state index in [0.29, 0.717) is 17.1 Å². The van der Waals surface area contributed by atoms with Crippen LogP contribution in [0.5, 0.6) is 11.5 Å². The number of Topliss-reactive ketones (excluding diaryl/α,β-unsaturated/α-hetero) is 1. The summed E-state index contributed by atoms with van der Waals surface area (Å²) in [6.07, 6.45) is 0. The maximum absolute atomic E-state index is 11.4. The maximum atomic E-state index is 11.4. The maximum Gasteiger partial charge on any atom is 0.346 e. The van der Waals surface area contributed by atoms with Gasteiger partial charge in [-0.3, -0.25) is 4.79 Å². The molecule has 0 bridgehead atoms. The second-order valence-electron chi connectivity index (χ2n) is 4.20. The Morgan fingerprint density at radius 3 is 2.57 bits per heavy atom. The molecule has 0 unspecified atom stereocenters. The van der Waals surface area contributed by atoms with E-state index in [1.807, 2.05) is 0 Å². The lowest BCUT2D eigenvalue weighted by atomic mass is 10.1. The minimum atomic E-state index is -0.971. The normalized spacial score (nSPS) is 10.1. The molecule has 5 nitrogen and oxygen atoms in total. The first-order chi connectivity index (χ1) is 10.1. The van der Waals surface area contributed by atoms with Gasteiger partial charge >= 0.3 is 5.97 Å². The highest BCUT2D eigenvalue weighted by Crippen LogP contribution is 2.22. The predicted molar refractivity (Wildman–Crippen MR) is 78.7 cm³/mol. The van der Waals surface area contributed by atoms with Gasteiger partial charge in [0.1, 0.15) is 29.6 Å². The molecule has 0 fully saturated rings. The number of rotatable bonds is 7. The van der Waals surface area contributed by atoms with Crippen LogP contribution >= 0.6 is 11.3 Å².